The molecule has 104 valence electrons. The molecule has 1 aliphatic rings. The van der Waals surface area contributed by atoms with E-state index in [1.807, 2.05) is 6.07 Å². The zero-order valence-corrected chi connectivity index (χ0v) is 11.3. The molecule has 0 radical (unpaired) electrons. The van der Waals surface area contributed by atoms with E-state index in [9.17, 15) is 4.79 Å². The second-order valence-electron chi connectivity index (χ2n) is 5.34. The number of rotatable bonds is 9. The topological polar surface area (TPSA) is 49.8 Å². The predicted octanol–water partition coefficient (Wildman–Crippen LogP) is 3.42. The van der Waals surface area contributed by atoms with Crippen LogP contribution < -0.4 is 0 Å². The van der Waals surface area contributed by atoms with Gasteiger partial charge in [-0.1, -0.05) is 49.6 Å². The van der Waals surface area contributed by atoms with Crippen LogP contribution in [0.5, 0.6) is 0 Å². The molecule has 1 aromatic carbocycles. The first-order valence-corrected chi connectivity index (χ1v) is 7.14. The minimum absolute atomic E-state index is 0.399. The van der Waals surface area contributed by atoms with Crippen molar-refractivity contribution in [1.82, 2.24) is 0 Å². The Morgan fingerprint density at radius 3 is 2.37 bits per heavy atom. The molecular weight excluding hydrogens is 240 g/mol. The van der Waals surface area contributed by atoms with Crippen LogP contribution in [0.15, 0.2) is 30.3 Å². The summed E-state index contributed by atoms with van der Waals surface area (Å²) in [7, 11) is 0. The summed E-state index contributed by atoms with van der Waals surface area (Å²) in [4.78, 5) is 10.9. The van der Waals surface area contributed by atoms with Gasteiger partial charge < -0.3 is 9.84 Å². The largest absolute Gasteiger partial charge is 0.479 e. The average Bonchev–Trinajstić information content (AvgIpc) is 3.20. The molecule has 0 aromatic heterocycles. The van der Waals surface area contributed by atoms with Crippen molar-refractivity contribution in [3.63, 3.8) is 0 Å². The molecule has 19 heavy (non-hydrogen) atoms. The van der Waals surface area contributed by atoms with Crippen molar-refractivity contribution in [1.29, 1.82) is 0 Å². The molecule has 1 unspecified atom stereocenters. The van der Waals surface area contributed by atoms with Crippen LogP contribution in [0, 0.1) is 0 Å². The highest BCUT2D eigenvalue weighted by molar-refractivity contribution is 5.80. The van der Waals surface area contributed by atoms with E-state index in [1.165, 1.54) is 24.8 Å². The van der Waals surface area contributed by atoms with Gasteiger partial charge in [-0.2, -0.15) is 0 Å². The maximum Gasteiger partial charge on any atom is 0.338 e. The number of benzene rings is 1. The Balaban J connectivity index is 1.48. The summed E-state index contributed by atoms with van der Waals surface area (Å²) in [6, 6.07) is 10.5. The molecule has 0 spiro atoms. The van der Waals surface area contributed by atoms with Crippen molar-refractivity contribution in [2.45, 2.75) is 50.5 Å². The van der Waals surface area contributed by atoms with Crippen LogP contribution in [0.2, 0.25) is 0 Å². The van der Waals surface area contributed by atoms with E-state index < -0.39 is 11.6 Å². The third-order valence-corrected chi connectivity index (χ3v) is 3.77. The molecule has 1 aromatic rings. The van der Waals surface area contributed by atoms with Gasteiger partial charge in [0.05, 0.1) is 6.61 Å². The number of hydrogen-bond donors (Lipinski definition) is 1. The second-order valence-corrected chi connectivity index (χ2v) is 5.34. The first-order valence-electron chi connectivity index (χ1n) is 7.14. The fourth-order valence-electron chi connectivity index (χ4n) is 2.38. The second kappa shape index (κ2) is 6.71. The Bertz CT molecular complexity index is 396. The van der Waals surface area contributed by atoms with Gasteiger partial charge in [0.2, 0.25) is 0 Å². The Morgan fingerprint density at radius 2 is 1.74 bits per heavy atom. The normalized spacial score (nSPS) is 21.3. The number of ether oxygens (including phenoxy) is 1. The first kappa shape index (κ1) is 14.1. The van der Waals surface area contributed by atoms with E-state index in [-0.39, 0.29) is 0 Å². The number of carbonyl (C=O) groups is 1. The minimum Gasteiger partial charge on any atom is -0.479 e. The summed E-state index contributed by atoms with van der Waals surface area (Å²) in [5.41, 5.74) is 0.586. The third-order valence-electron chi connectivity index (χ3n) is 3.77. The Hall–Kier alpha value is -1.35. The zero-order chi connectivity index (χ0) is 13.6. The Morgan fingerprint density at radius 1 is 1.11 bits per heavy atom. The molecule has 3 heteroatoms. The SMILES string of the molecule is O=C(O)C1(CCCCCCCc2ccccc2)CO1. The van der Waals surface area contributed by atoms with Crippen LogP contribution in [0.25, 0.3) is 0 Å². The van der Waals surface area contributed by atoms with Crippen LogP contribution >= 0.6 is 0 Å². The van der Waals surface area contributed by atoms with Crippen LogP contribution in [0.1, 0.15) is 44.1 Å². The molecular formula is C16H22O3. The number of hydrogen-bond acceptors (Lipinski definition) is 2. The third kappa shape index (κ3) is 4.35. The van der Waals surface area contributed by atoms with E-state index >= 15 is 0 Å². The summed E-state index contributed by atoms with van der Waals surface area (Å²) in [5.74, 6) is -0.795. The summed E-state index contributed by atoms with van der Waals surface area (Å²) in [6.07, 6.45) is 7.48. The van der Waals surface area contributed by atoms with Gasteiger partial charge in [0, 0.05) is 0 Å². The lowest BCUT2D eigenvalue weighted by Gasteiger charge is -2.06. The summed E-state index contributed by atoms with van der Waals surface area (Å²) in [6.45, 7) is 0.399. The lowest BCUT2D eigenvalue weighted by Crippen LogP contribution is -2.23. The van der Waals surface area contributed by atoms with Gasteiger partial charge in [-0.15, -0.1) is 0 Å². The van der Waals surface area contributed by atoms with Crippen molar-refractivity contribution < 1.29 is 14.6 Å². The van der Waals surface area contributed by atoms with Gasteiger partial charge in [0.25, 0.3) is 0 Å². The Kier molecular flexibility index (Phi) is 4.97. The number of epoxide rings is 1. The van der Waals surface area contributed by atoms with E-state index in [1.54, 1.807) is 0 Å². The number of aliphatic carboxylic acids is 1. The molecule has 1 heterocycles. The van der Waals surface area contributed by atoms with Crippen molar-refractivity contribution >= 4 is 5.97 Å². The van der Waals surface area contributed by atoms with Crippen LogP contribution in [-0.4, -0.2) is 23.3 Å². The molecule has 0 bridgehead atoms. The molecule has 1 N–H and O–H groups in total. The van der Waals surface area contributed by atoms with Crippen LogP contribution in [0.4, 0.5) is 0 Å². The smallest absolute Gasteiger partial charge is 0.338 e. The summed E-state index contributed by atoms with van der Waals surface area (Å²) >= 11 is 0. The minimum atomic E-state index is -0.815. The number of carboxylic acid groups (broad SMARTS) is 1. The van der Waals surface area contributed by atoms with Crippen molar-refractivity contribution in [2.24, 2.45) is 0 Å². The summed E-state index contributed by atoms with van der Waals surface area (Å²) < 4.78 is 5.04. The molecule has 0 amide bonds. The summed E-state index contributed by atoms with van der Waals surface area (Å²) in [5, 5.41) is 8.95. The van der Waals surface area contributed by atoms with Crippen LogP contribution in [0.3, 0.4) is 0 Å². The lowest BCUT2D eigenvalue weighted by atomic mass is 10.0. The van der Waals surface area contributed by atoms with Crippen molar-refractivity contribution in [3.05, 3.63) is 35.9 Å². The van der Waals surface area contributed by atoms with Gasteiger partial charge in [-0.25, -0.2) is 4.79 Å². The van der Waals surface area contributed by atoms with Gasteiger partial charge in [-0.05, 0) is 31.2 Å². The molecule has 3 nitrogen and oxygen atoms in total. The number of unbranched alkanes of at least 4 members (excludes halogenated alkanes) is 4. The number of aryl methyl sites for hydroxylation is 1. The van der Waals surface area contributed by atoms with E-state index in [2.05, 4.69) is 24.3 Å². The highest BCUT2D eigenvalue weighted by Gasteiger charge is 2.51. The van der Waals surface area contributed by atoms with Crippen LogP contribution in [-0.2, 0) is 16.0 Å². The van der Waals surface area contributed by atoms with E-state index in [4.69, 9.17) is 9.84 Å². The highest BCUT2D eigenvalue weighted by Crippen LogP contribution is 2.33. The lowest BCUT2D eigenvalue weighted by molar-refractivity contribution is -0.143. The molecule has 0 saturated carbocycles. The fourth-order valence-corrected chi connectivity index (χ4v) is 2.38. The van der Waals surface area contributed by atoms with Gasteiger partial charge in [0.15, 0.2) is 5.60 Å². The predicted molar refractivity (Wildman–Crippen MR) is 74.2 cm³/mol. The molecule has 1 saturated heterocycles. The van der Waals surface area contributed by atoms with Gasteiger partial charge in [0.1, 0.15) is 0 Å². The molecule has 1 atom stereocenters. The number of carboxylic acids is 1. The van der Waals surface area contributed by atoms with Gasteiger partial charge >= 0.3 is 5.97 Å². The zero-order valence-electron chi connectivity index (χ0n) is 11.3. The van der Waals surface area contributed by atoms with Gasteiger partial charge in [-0.3, -0.25) is 0 Å². The molecule has 2 rings (SSSR count). The first-order chi connectivity index (χ1) is 9.23. The maximum atomic E-state index is 10.9. The average molecular weight is 262 g/mol. The maximum absolute atomic E-state index is 10.9. The quantitative estimate of drug-likeness (QED) is 0.548. The highest BCUT2D eigenvalue weighted by atomic mass is 16.6. The molecule has 1 fully saturated rings. The Labute approximate surface area is 114 Å². The fraction of sp³-hybridized carbons (Fsp3) is 0.562. The molecule has 0 aliphatic carbocycles. The standard InChI is InChI=1S/C16H22O3/c17-15(18)16(13-19-16)12-8-3-1-2-5-9-14-10-6-4-7-11-14/h4,6-7,10-11H,1-3,5,8-9,12-13H2,(H,17,18). The monoisotopic (exact) mass is 262 g/mol. The van der Waals surface area contributed by atoms with Crippen molar-refractivity contribution in [2.75, 3.05) is 6.61 Å². The van der Waals surface area contributed by atoms with E-state index in [0.717, 1.165) is 19.3 Å². The molecule has 1 aliphatic heterocycles. The van der Waals surface area contributed by atoms with Crippen molar-refractivity contribution in [3.8, 4) is 0 Å². The van der Waals surface area contributed by atoms with E-state index in [0.29, 0.717) is 13.0 Å².